The van der Waals surface area contributed by atoms with Crippen LogP contribution in [-0.4, -0.2) is 23.4 Å². The van der Waals surface area contributed by atoms with Gasteiger partial charge in [-0.1, -0.05) is 19.1 Å². The van der Waals surface area contributed by atoms with Crippen molar-refractivity contribution >= 4 is 0 Å². The molecule has 0 radical (unpaired) electrons. The van der Waals surface area contributed by atoms with Crippen LogP contribution in [0.4, 0.5) is 0 Å². The summed E-state index contributed by atoms with van der Waals surface area (Å²) in [7, 11) is 0. The molecule has 0 fully saturated rings. The van der Waals surface area contributed by atoms with Gasteiger partial charge in [0.15, 0.2) is 0 Å². The average Bonchev–Trinajstić information content (AvgIpc) is 2.10. The van der Waals surface area contributed by atoms with E-state index in [1.165, 1.54) is 0 Å². The van der Waals surface area contributed by atoms with E-state index in [0.717, 1.165) is 17.6 Å². The smallest absolute Gasteiger partial charge is 0.0647 e. The van der Waals surface area contributed by atoms with Crippen molar-refractivity contribution in [2.24, 2.45) is 5.41 Å². The van der Waals surface area contributed by atoms with Crippen molar-refractivity contribution in [1.82, 2.24) is 0 Å². The van der Waals surface area contributed by atoms with Crippen molar-refractivity contribution in [3.63, 3.8) is 0 Å². The minimum absolute atomic E-state index is 0.103. The van der Waals surface area contributed by atoms with E-state index in [4.69, 9.17) is 10.2 Å². The van der Waals surface area contributed by atoms with Gasteiger partial charge in [0.25, 0.3) is 0 Å². The molecule has 2 heteroatoms. The lowest BCUT2D eigenvalue weighted by molar-refractivity contribution is 0.177. The van der Waals surface area contributed by atoms with E-state index in [1.54, 1.807) is 0 Å². The van der Waals surface area contributed by atoms with Gasteiger partial charge in [-0.25, -0.2) is 0 Å². The van der Waals surface area contributed by atoms with Crippen LogP contribution in [0.15, 0.2) is 23.3 Å². The first-order valence-corrected chi connectivity index (χ1v) is 4.21. The molecular weight excluding hydrogens is 152 g/mol. The summed E-state index contributed by atoms with van der Waals surface area (Å²) in [5.74, 6) is 0. The van der Waals surface area contributed by atoms with Crippen LogP contribution in [0.2, 0.25) is 0 Å². The lowest BCUT2D eigenvalue weighted by Gasteiger charge is -2.28. The molecule has 1 aliphatic rings. The van der Waals surface area contributed by atoms with Crippen LogP contribution in [0, 0.1) is 5.41 Å². The van der Waals surface area contributed by atoms with Crippen molar-refractivity contribution in [3.8, 4) is 0 Å². The number of aliphatic hydroxyl groups is 2. The largest absolute Gasteiger partial charge is 0.395 e. The minimum atomic E-state index is -0.169. The van der Waals surface area contributed by atoms with Gasteiger partial charge in [0.1, 0.15) is 0 Å². The maximum Gasteiger partial charge on any atom is 0.0647 e. The third-order valence-electron chi connectivity index (χ3n) is 2.46. The zero-order chi connectivity index (χ0) is 9.19. The van der Waals surface area contributed by atoms with Gasteiger partial charge in [-0.2, -0.15) is 0 Å². The second-order valence-corrected chi connectivity index (χ2v) is 3.77. The summed E-state index contributed by atoms with van der Waals surface area (Å²) in [6.07, 6.45) is 4.76. The summed E-state index contributed by atoms with van der Waals surface area (Å²) in [4.78, 5) is 0. The van der Waals surface area contributed by atoms with Crippen LogP contribution < -0.4 is 0 Å². The number of hydrogen-bond acceptors (Lipinski definition) is 2. The molecule has 2 N–H and O–H groups in total. The Morgan fingerprint density at radius 1 is 1.50 bits per heavy atom. The Bertz CT molecular complexity index is 228. The fourth-order valence-electron chi connectivity index (χ4n) is 1.42. The van der Waals surface area contributed by atoms with Crippen LogP contribution in [-0.2, 0) is 0 Å². The molecule has 0 aromatic carbocycles. The van der Waals surface area contributed by atoms with Gasteiger partial charge < -0.3 is 10.2 Å². The number of hydrogen-bond donors (Lipinski definition) is 2. The molecular formula is C10H16O2. The quantitative estimate of drug-likeness (QED) is 0.651. The molecule has 0 heterocycles. The first-order chi connectivity index (χ1) is 5.61. The first kappa shape index (κ1) is 9.49. The Morgan fingerprint density at radius 3 is 2.67 bits per heavy atom. The zero-order valence-corrected chi connectivity index (χ0v) is 7.67. The molecule has 0 saturated carbocycles. The summed E-state index contributed by atoms with van der Waals surface area (Å²) < 4.78 is 0. The Morgan fingerprint density at radius 2 is 2.17 bits per heavy atom. The Kier molecular flexibility index (Phi) is 2.70. The molecule has 1 rings (SSSR count). The SMILES string of the molecule is CC1=C(CO)CC(C)(CO)C=C1. The number of rotatable bonds is 2. The molecule has 68 valence electrons. The molecule has 0 saturated heterocycles. The molecule has 0 aromatic heterocycles. The van der Waals surface area contributed by atoms with E-state index in [9.17, 15) is 0 Å². The summed E-state index contributed by atoms with van der Waals surface area (Å²) in [5.41, 5.74) is 2.00. The highest BCUT2D eigenvalue weighted by molar-refractivity contribution is 5.31. The van der Waals surface area contributed by atoms with E-state index in [-0.39, 0.29) is 18.6 Å². The normalized spacial score (nSPS) is 29.7. The second kappa shape index (κ2) is 3.42. The van der Waals surface area contributed by atoms with Crippen molar-refractivity contribution in [1.29, 1.82) is 0 Å². The topological polar surface area (TPSA) is 40.5 Å². The Hall–Kier alpha value is -0.600. The summed E-state index contributed by atoms with van der Waals surface area (Å²) in [6.45, 7) is 4.22. The highest BCUT2D eigenvalue weighted by Crippen LogP contribution is 2.32. The average molecular weight is 168 g/mol. The minimum Gasteiger partial charge on any atom is -0.395 e. The van der Waals surface area contributed by atoms with E-state index in [1.807, 2.05) is 26.0 Å². The van der Waals surface area contributed by atoms with Gasteiger partial charge in [-0.3, -0.25) is 0 Å². The van der Waals surface area contributed by atoms with Crippen LogP contribution in [0.5, 0.6) is 0 Å². The maximum atomic E-state index is 9.09. The summed E-state index contributed by atoms with van der Waals surface area (Å²) in [6, 6.07) is 0. The third-order valence-corrected chi connectivity index (χ3v) is 2.46. The van der Waals surface area contributed by atoms with Crippen LogP contribution >= 0.6 is 0 Å². The summed E-state index contributed by atoms with van der Waals surface area (Å²) >= 11 is 0. The van der Waals surface area contributed by atoms with E-state index >= 15 is 0 Å². The van der Waals surface area contributed by atoms with Gasteiger partial charge in [0.2, 0.25) is 0 Å². The van der Waals surface area contributed by atoms with Gasteiger partial charge in [0, 0.05) is 5.41 Å². The van der Waals surface area contributed by atoms with Gasteiger partial charge in [0.05, 0.1) is 13.2 Å². The molecule has 1 unspecified atom stereocenters. The standard InChI is InChI=1S/C10H16O2/c1-8-3-4-10(2,7-12)5-9(8)6-11/h3-4,11-12H,5-7H2,1-2H3. The molecule has 12 heavy (non-hydrogen) atoms. The van der Waals surface area contributed by atoms with Crippen LogP contribution in [0.25, 0.3) is 0 Å². The molecule has 0 aliphatic heterocycles. The molecule has 2 nitrogen and oxygen atoms in total. The van der Waals surface area contributed by atoms with Gasteiger partial charge in [-0.05, 0) is 24.5 Å². The van der Waals surface area contributed by atoms with Crippen molar-refractivity contribution in [3.05, 3.63) is 23.3 Å². The number of allylic oxidation sites excluding steroid dienone is 2. The predicted molar refractivity (Wildman–Crippen MR) is 48.7 cm³/mol. The maximum absolute atomic E-state index is 9.09. The fraction of sp³-hybridized carbons (Fsp3) is 0.600. The highest BCUT2D eigenvalue weighted by Gasteiger charge is 2.24. The van der Waals surface area contributed by atoms with Crippen molar-refractivity contribution < 1.29 is 10.2 Å². The fourth-order valence-corrected chi connectivity index (χ4v) is 1.42. The van der Waals surface area contributed by atoms with Gasteiger partial charge in [-0.15, -0.1) is 0 Å². The molecule has 0 amide bonds. The predicted octanol–water partition coefficient (Wildman–Crippen LogP) is 1.25. The monoisotopic (exact) mass is 168 g/mol. The van der Waals surface area contributed by atoms with Gasteiger partial charge >= 0.3 is 0 Å². The molecule has 1 atom stereocenters. The lowest BCUT2D eigenvalue weighted by atomic mass is 9.79. The summed E-state index contributed by atoms with van der Waals surface area (Å²) in [5, 5.41) is 18.1. The number of aliphatic hydroxyl groups excluding tert-OH is 2. The Labute approximate surface area is 73.2 Å². The molecule has 0 bridgehead atoms. The van der Waals surface area contributed by atoms with Crippen LogP contribution in [0.3, 0.4) is 0 Å². The molecule has 0 aromatic rings. The Balaban J connectivity index is 2.83. The second-order valence-electron chi connectivity index (χ2n) is 3.77. The van der Waals surface area contributed by atoms with E-state index in [0.29, 0.717) is 0 Å². The highest BCUT2D eigenvalue weighted by atomic mass is 16.3. The molecule has 1 aliphatic carbocycles. The van der Waals surface area contributed by atoms with Crippen LogP contribution in [0.1, 0.15) is 20.3 Å². The van der Waals surface area contributed by atoms with Crippen molar-refractivity contribution in [2.45, 2.75) is 20.3 Å². The van der Waals surface area contributed by atoms with Crippen molar-refractivity contribution in [2.75, 3.05) is 13.2 Å². The third kappa shape index (κ3) is 1.76. The lowest BCUT2D eigenvalue weighted by Crippen LogP contribution is -2.22. The first-order valence-electron chi connectivity index (χ1n) is 4.21. The zero-order valence-electron chi connectivity index (χ0n) is 7.67. The van der Waals surface area contributed by atoms with E-state index < -0.39 is 0 Å². The molecule has 0 spiro atoms. The van der Waals surface area contributed by atoms with E-state index in [2.05, 4.69) is 0 Å².